The Morgan fingerprint density at radius 1 is 1.57 bits per heavy atom. The lowest BCUT2D eigenvalue weighted by Gasteiger charge is -2.13. The van der Waals surface area contributed by atoms with E-state index in [2.05, 4.69) is 10.3 Å². The maximum absolute atomic E-state index is 12.3. The number of amides is 2. The molecule has 0 aliphatic carbocycles. The molecule has 2 aliphatic heterocycles. The van der Waals surface area contributed by atoms with Crippen LogP contribution in [0.25, 0.3) is 6.08 Å². The zero-order valence-electron chi connectivity index (χ0n) is 12.0. The van der Waals surface area contributed by atoms with Crippen LogP contribution in [0.2, 0.25) is 0 Å². The minimum Gasteiger partial charge on any atom is -0.465 e. The molecule has 1 fully saturated rings. The first-order valence-corrected chi connectivity index (χ1v) is 9.10. The van der Waals surface area contributed by atoms with Crippen LogP contribution < -0.4 is 5.32 Å². The van der Waals surface area contributed by atoms with Crippen LogP contribution in [-0.2, 0) is 9.59 Å². The molecule has 0 bridgehead atoms. The van der Waals surface area contributed by atoms with Crippen molar-refractivity contribution in [2.75, 3.05) is 18.8 Å². The van der Waals surface area contributed by atoms with E-state index in [4.69, 9.17) is 16.6 Å². The number of nitrogens with zero attached hydrogens (tertiary/aromatic N) is 2. The van der Waals surface area contributed by atoms with Crippen LogP contribution in [0.4, 0.5) is 0 Å². The van der Waals surface area contributed by atoms with Gasteiger partial charge in [-0.05, 0) is 12.1 Å². The van der Waals surface area contributed by atoms with E-state index in [0.717, 1.165) is 12.3 Å². The zero-order valence-corrected chi connectivity index (χ0v) is 14.4. The summed E-state index contributed by atoms with van der Waals surface area (Å²) in [5, 5.41) is 3.39. The zero-order chi connectivity index (χ0) is 16.2. The standard InChI is InChI=1S/C14H13N3O3S3/c18-11(16-13-15-4-7-22-13)3-5-17-12(19)10(23-14(17)21)8-9-2-1-6-20-9/h1-2,6,8H,3-5,7H2,(H,15,16,18). The highest BCUT2D eigenvalue weighted by Crippen LogP contribution is 2.32. The first kappa shape index (κ1) is 16.3. The summed E-state index contributed by atoms with van der Waals surface area (Å²) in [6.45, 7) is 0.983. The maximum Gasteiger partial charge on any atom is 0.266 e. The van der Waals surface area contributed by atoms with E-state index in [1.807, 2.05) is 0 Å². The molecule has 1 aromatic heterocycles. The normalized spacial score (nSPS) is 19.6. The summed E-state index contributed by atoms with van der Waals surface area (Å²) >= 11 is 7.96. The van der Waals surface area contributed by atoms with Crippen molar-refractivity contribution in [2.24, 2.45) is 4.99 Å². The second-order valence-corrected chi connectivity index (χ2v) is 7.44. The first-order valence-electron chi connectivity index (χ1n) is 6.89. The van der Waals surface area contributed by atoms with E-state index >= 15 is 0 Å². The number of carbonyl (C=O) groups is 2. The minimum atomic E-state index is -0.197. The topological polar surface area (TPSA) is 74.9 Å². The third-order valence-corrected chi connectivity index (χ3v) is 5.35. The van der Waals surface area contributed by atoms with Crippen molar-refractivity contribution in [3.05, 3.63) is 29.1 Å². The molecule has 3 rings (SSSR count). The van der Waals surface area contributed by atoms with Crippen molar-refractivity contribution in [1.29, 1.82) is 0 Å². The van der Waals surface area contributed by atoms with E-state index < -0.39 is 0 Å². The summed E-state index contributed by atoms with van der Waals surface area (Å²) in [6.07, 6.45) is 3.38. The molecule has 6 nitrogen and oxygen atoms in total. The fourth-order valence-corrected chi connectivity index (χ4v) is 4.03. The first-order chi connectivity index (χ1) is 11.1. The summed E-state index contributed by atoms with van der Waals surface area (Å²) in [7, 11) is 0. The Bertz CT molecular complexity index is 697. The molecular formula is C14H13N3O3S3. The Morgan fingerprint density at radius 3 is 3.13 bits per heavy atom. The van der Waals surface area contributed by atoms with Gasteiger partial charge in [0.25, 0.3) is 5.91 Å². The maximum atomic E-state index is 12.3. The SMILES string of the molecule is O=C(CCN1C(=O)C(=Cc2ccco2)SC1=S)NC1=NCCS1. The van der Waals surface area contributed by atoms with Crippen LogP contribution in [0.5, 0.6) is 0 Å². The average molecular weight is 367 g/mol. The van der Waals surface area contributed by atoms with Crippen LogP contribution >= 0.6 is 35.7 Å². The minimum absolute atomic E-state index is 0.165. The number of thioether (sulfide) groups is 2. The Morgan fingerprint density at radius 2 is 2.43 bits per heavy atom. The highest BCUT2D eigenvalue weighted by Gasteiger charge is 2.32. The molecule has 9 heteroatoms. The van der Waals surface area contributed by atoms with Gasteiger partial charge in [-0.15, -0.1) is 0 Å². The predicted molar refractivity (Wildman–Crippen MR) is 96.1 cm³/mol. The lowest BCUT2D eigenvalue weighted by atomic mass is 10.3. The molecule has 0 saturated carbocycles. The van der Waals surface area contributed by atoms with E-state index in [0.29, 0.717) is 20.2 Å². The summed E-state index contributed by atoms with van der Waals surface area (Å²) in [5.74, 6) is 1.13. The number of carbonyl (C=O) groups excluding carboxylic acids is 2. The van der Waals surface area contributed by atoms with Gasteiger partial charge in [0.2, 0.25) is 5.91 Å². The molecule has 2 aliphatic rings. The summed E-state index contributed by atoms with van der Waals surface area (Å²) < 4.78 is 5.66. The summed E-state index contributed by atoms with van der Waals surface area (Å²) in [4.78, 5) is 30.3. The van der Waals surface area contributed by atoms with Gasteiger partial charge in [-0.25, -0.2) is 0 Å². The monoisotopic (exact) mass is 367 g/mol. The largest absolute Gasteiger partial charge is 0.465 e. The van der Waals surface area contributed by atoms with Gasteiger partial charge in [-0.3, -0.25) is 19.5 Å². The van der Waals surface area contributed by atoms with E-state index in [1.165, 1.54) is 28.4 Å². The lowest BCUT2D eigenvalue weighted by molar-refractivity contribution is -0.123. The third-order valence-electron chi connectivity index (χ3n) is 3.08. The van der Waals surface area contributed by atoms with E-state index in [-0.39, 0.29) is 24.8 Å². The number of aliphatic imine (C=N–C) groups is 1. The molecule has 0 aromatic carbocycles. The molecule has 0 radical (unpaired) electrons. The molecule has 1 N–H and O–H groups in total. The number of hydrogen-bond donors (Lipinski definition) is 1. The number of thiocarbonyl (C=S) groups is 1. The molecule has 3 heterocycles. The number of furan rings is 1. The summed E-state index contributed by atoms with van der Waals surface area (Å²) in [5.41, 5.74) is 0. The molecule has 23 heavy (non-hydrogen) atoms. The fraction of sp³-hybridized carbons (Fsp3) is 0.286. The van der Waals surface area contributed by atoms with Crippen LogP contribution in [0.15, 0.2) is 32.7 Å². The second kappa shape index (κ2) is 7.33. The number of amidine groups is 1. The Labute approximate surface area is 146 Å². The Hall–Kier alpha value is -1.58. The van der Waals surface area contributed by atoms with Crippen LogP contribution in [0.3, 0.4) is 0 Å². The predicted octanol–water partition coefficient (Wildman–Crippen LogP) is 2.09. The van der Waals surface area contributed by atoms with Crippen LogP contribution in [0, 0.1) is 0 Å². The molecule has 120 valence electrons. The highest BCUT2D eigenvalue weighted by molar-refractivity contribution is 8.26. The van der Waals surface area contributed by atoms with E-state index in [1.54, 1.807) is 24.5 Å². The van der Waals surface area contributed by atoms with Gasteiger partial charge in [0.1, 0.15) is 10.1 Å². The van der Waals surface area contributed by atoms with Crippen molar-refractivity contribution < 1.29 is 14.0 Å². The van der Waals surface area contributed by atoms with Gasteiger partial charge in [0.15, 0.2) is 5.17 Å². The smallest absolute Gasteiger partial charge is 0.266 e. The van der Waals surface area contributed by atoms with Crippen molar-refractivity contribution in [3.63, 3.8) is 0 Å². The molecule has 1 aromatic rings. The Balaban J connectivity index is 1.56. The van der Waals surface area contributed by atoms with Gasteiger partial charge in [-0.2, -0.15) is 0 Å². The van der Waals surface area contributed by atoms with E-state index in [9.17, 15) is 9.59 Å². The number of hydrogen-bond acceptors (Lipinski definition) is 7. The van der Waals surface area contributed by atoms with Crippen LogP contribution in [-0.4, -0.2) is 45.0 Å². The van der Waals surface area contributed by atoms with Gasteiger partial charge in [0.05, 0.1) is 17.7 Å². The van der Waals surface area contributed by atoms with Crippen molar-refractivity contribution in [1.82, 2.24) is 10.2 Å². The van der Waals surface area contributed by atoms with Crippen molar-refractivity contribution in [2.45, 2.75) is 6.42 Å². The third kappa shape index (κ3) is 4.04. The van der Waals surface area contributed by atoms with Gasteiger partial charge >= 0.3 is 0 Å². The molecular weight excluding hydrogens is 354 g/mol. The summed E-state index contributed by atoms with van der Waals surface area (Å²) in [6, 6.07) is 3.51. The molecule has 0 unspecified atom stereocenters. The molecule has 0 spiro atoms. The highest BCUT2D eigenvalue weighted by atomic mass is 32.2. The average Bonchev–Trinajstić information content (AvgIpc) is 3.23. The van der Waals surface area contributed by atoms with Gasteiger partial charge in [-0.1, -0.05) is 35.7 Å². The Kier molecular flexibility index (Phi) is 5.19. The fourth-order valence-electron chi connectivity index (χ4n) is 2.00. The molecule has 2 amide bonds. The molecule has 1 saturated heterocycles. The van der Waals surface area contributed by atoms with Gasteiger partial charge in [0, 0.05) is 24.8 Å². The second-order valence-electron chi connectivity index (χ2n) is 4.68. The van der Waals surface area contributed by atoms with Crippen molar-refractivity contribution in [3.8, 4) is 0 Å². The molecule has 0 atom stereocenters. The van der Waals surface area contributed by atoms with Gasteiger partial charge < -0.3 is 9.73 Å². The van der Waals surface area contributed by atoms with Crippen molar-refractivity contribution >= 4 is 63.1 Å². The number of rotatable bonds is 4. The van der Waals surface area contributed by atoms with Crippen LogP contribution in [0.1, 0.15) is 12.2 Å². The lowest BCUT2D eigenvalue weighted by Crippen LogP contribution is -2.34. The quantitative estimate of drug-likeness (QED) is 0.649. The number of nitrogens with one attached hydrogen (secondary N) is 1.